The van der Waals surface area contributed by atoms with Gasteiger partial charge in [0.15, 0.2) is 5.65 Å². The van der Waals surface area contributed by atoms with Gasteiger partial charge in [-0.2, -0.15) is 0 Å². The van der Waals surface area contributed by atoms with Crippen LogP contribution in [0.15, 0.2) is 47.5 Å². The third-order valence-electron chi connectivity index (χ3n) is 6.48. The summed E-state index contributed by atoms with van der Waals surface area (Å²) in [5, 5.41) is 0.291. The lowest BCUT2D eigenvalue weighted by Crippen LogP contribution is -2.24. The zero-order valence-electron chi connectivity index (χ0n) is 19.2. The average Bonchev–Trinajstić information content (AvgIpc) is 2.82. The van der Waals surface area contributed by atoms with Crippen molar-refractivity contribution in [2.75, 3.05) is 6.61 Å². The maximum Gasteiger partial charge on any atom is 0.261 e. The summed E-state index contributed by atoms with van der Waals surface area (Å²) >= 11 is 5.98. The highest BCUT2D eigenvalue weighted by Crippen LogP contribution is 2.38. The molecule has 1 saturated heterocycles. The van der Waals surface area contributed by atoms with Crippen molar-refractivity contribution in [3.63, 3.8) is 0 Å². The number of aryl methyl sites for hydroxylation is 2. The molecule has 1 aromatic carbocycles. The number of fused-ring (bicyclic) bond motifs is 1. The summed E-state index contributed by atoms with van der Waals surface area (Å²) in [4.78, 5) is 26.9. The second-order valence-electron chi connectivity index (χ2n) is 8.77. The first-order valence-corrected chi connectivity index (χ1v) is 11.6. The van der Waals surface area contributed by atoms with Gasteiger partial charge in [0, 0.05) is 52.5 Å². The summed E-state index contributed by atoms with van der Waals surface area (Å²) in [5.41, 5.74) is 4.57. The average molecular weight is 479 g/mol. The molecule has 2 atom stereocenters. The molecule has 34 heavy (non-hydrogen) atoms. The zero-order valence-corrected chi connectivity index (χ0v) is 19.9. The van der Waals surface area contributed by atoms with Gasteiger partial charge in [0.2, 0.25) is 0 Å². The van der Waals surface area contributed by atoms with Crippen molar-refractivity contribution >= 4 is 17.2 Å². The first-order valence-electron chi connectivity index (χ1n) is 11.2. The Morgan fingerprint density at radius 3 is 2.74 bits per heavy atom. The molecule has 0 bridgehead atoms. The van der Waals surface area contributed by atoms with Crippen molar-refractivity contribution in [2.45, 2.75) is 45.6 Å². The molecule has 5 rings (SSSR count). The molecule has 1 fully saturated rings. The van der Waals surface area contributed by atoms with Crippen LogP contribution in [-0.2, 0) is 4.74 Å². The number of ether oxygens (including phenoxy) is 1. The van der Waals surface area contributed by atoms with E-state index < -0.39 is 5.82 Å². The van der Waals surface area contributed by atoms with Gasteiger partial charge >= 0.3 is 0 Å². The maximum absolute atomic E-state index is 15.0. The number of rotatable bonds is 3. The minimum absolute atomic E-state index is 0.0271. The predicted octanol–water partition coefficient (Wildman–Crippen LogP) is 5.50. The molecule has 0 amide bonds. The largest absolute Gasteiger partial charge is 0.373 e. The summed E-state index contributed by atoms with van der Waals surface area (Å²) in [5.74, 6) is -0.483. The highest BCUT2D eigenvalue weighted by Gasteiger charge is 2.28. The molecular weight excluding hydrogens is 455 g/mol. The standard InChI is InChI=1S/C26H24ClFN4O2/c1-14-10-18(6-8-29-14)23-11-17(7-9-34-23)22-13-32-25(30-16(3)15(2)26(32)33)24(31-22)20-5-4-19(27)12-21(20)28/h4-6,8,10,12-13,17,23H,7,9,11H2,1-3H3. The van der Waals surface area contributed by atoms with Crippen LogP contribution in [0.5, 0.6) is 0 Å². The Kier molecular flexibility index (Phi) is 5.91. The van der Waals surface area contributed by atoms with Crippen molar-refractivity contribution < 1.29 is 9.13 Å². The molecule has 1 aliphatic heterocycles. The Balaban J connectivity index is 1.66. The van der Waals surface area contributed by atoms with Gasteiger partial charge in [0.1, 0.15) is 11.5 Å². The van der Waals surface area contributed by atoms with Crippen molar-refractivity contribution in [1.82, 2.24) is 19.4 Å². The number of halogens is 2. The van der Waals surface area contributed by atoms with E-state index in [4.69, 9.17) is 21.3 Å². The fraction of sp³-hybridized carbons (Fsp3) is 0.308. The Morgan fingerprint density at radius 2 is 1.97 bits per heavy atom. The Hall–Kier alpha value is -3.16. The van der Waals surface area contributed by atoms with Crippen molar-refractivity contribution in [1.29, 1.82) is 0 Å². The van der Waals surface area contributed by atoms with Crippen LogP contribution < -0.4 is 5.56 Å². The molecule has 0 radical (unpaired) electrons. The predicted molar refractivity (Wildman–Crippen MR) is 129 cm³/mol. The van der Waals surface area contributed by atoms with E-state index in [-0.39, 0.29) is 23.1 Å². The quantitative estimate of drug-likeness (QED) is 0.388. The molecule has 3 aromatic heterocycles. The maximum atomic E-state index is 15.0. The first kappa shape index (κ1) is 22.6. The van der Waals surface area contributed by atoms with E-state index in [0.717, 1.165) is 17.7 Å². The van der Waals surface area contributed by atoms with Crippen molar-refractivity contribution in [2.24, 2.45) is 0 Å². The van der Waals surface area contributed by atoms with Crippen LogP contribution in [0.2, 0.25) is 5.02 Å². The number of pyridine rings is 1. The fourth-order valence-corrected chi connectivity index (χ4v) is 4.64. The van der Waals surface area contributed by atoms with E-state index in [2.05, 4.69) is 9.97 Å². The lowest BCUT2D eigenvalue weighted by Gasteiger charge is -2.30. The Bertz CT molecular complexity index is 1470. The van der Waals surface area contributed by atoms with Gasteiger partial charge in [0.25, 0.3) is 5.56 Å². The molecule has 6 nitrogen and oxygen atoms in total. The van der Waals surface area contributed by atoms with E-state index in [0.29, 0.717) is 46.3 Å². The molecule has 8 heteroatoms. The number of hydrogen-bond donors (Lipinski definition) is 0. The van der Waals surface area contributed by atoms with Crippen LogP contribution in [0.1, 0.15) is 53.1 Å². The first-order chi connectivity index (χ1) is 16.3. The second kappa shape index (κ2) is 8.89. The molecule has 2 unspecified atom stereocenters. The highest BCUT2D eigenvalue weighted by atomic mass is 35.5. The Labute approximate surface area is 201 Å². The van der Waals surface area contributed by atoms with Gasteiger partial charge in [-0.1, -0.05) is 11.6 Å². The molecule has 4 heterocycles. The van der Waals surface area contributed by atoms with Gasteiger partial charge in [-0.15, -0.1) is 0 Å². The van der Waals surface area contributed by atoms with Gasteiger partial charge in [-0.05, 0) is 69.5 Å². The molecule has 0 N–H and O–H groups in total. The van der Waals surface area contributed by atoms with Crippen LogP contribution in [0.25, 0.3) is 16.9 Å². The van der Waals surface area contributed by atoms with E-state index >= 15 is 0 Å². The molecule has 0 aliphatic carbocycles. The second-order valence-corrected chi connectivity index (χ2v) is 9.21. The fourth-order valence-electron chi connectivity index (χ4n) is 4.48. The summed E-state index contributed by atoms with van der Waals surface area (Å²) in [6.07, 6.45) is 4.86. The molecular formula is C26H24ClFN4O2. The lowest BCUT2D eigenvalue weighted by molar-refractivity contribution is 0.00451. The van der Waals surface area contributed by atoms with Gasteiger partial charge in [-0.3, -0.25) is 14.2 Å². The SMILES string of the molecule is Cc1cc(C2CC(c3cn4c(=O)c(C)c(C)nc4c(-c4ccc(Cl)cc4F)n3)CCO2)ccn1. The highest BCUT2D eigenvalue weighted by molar-refractivity contribution is 6.30. The zero-order chi connectivity index (χ0) is 24.0. The number of benzene rings is 1. The van der Waals surface area contributed by atoms with Crippen LogP contribution in [-0.4, -0.2) is 26.0 Å². The van der Waals surface area contributed by atoms with Gasteiger partial charge in [-0.25, -0.2) is 14.4 Å². The summed E-state index contributed by atoms with van der Waals surface area (Å²) in [7, 11) is 0. The Morgan fingerprint density at radius 1 is 1.15 bits per heavy atom. The monoisotopic (exact) mass is 478 g/mol. The number of aromatic nitrogens is 4. The summed E-state index contributed by atoms with van der Waals surface area (Å²) in [6.45, 7) is 6.02. The van der Waals surface area contributed by atoms with Gasteiger partial charge < -0.3 is 4.74 Å². The van der Waals surface area contributed by atoms with E-state index in [1.165, 1.54) is 10.5 Å². The summed E-state index contributed by atoms with van der Waals surface area (Å²) < 4.78 is 22.5. The van der Waals surface area contributed by atoms with Crippen molar-refractivity contribution in [3.8, 4) is 11.3 Å². The van der Waals surface area contributed by atoms with Crippen LogP contribution in [0.3, 0.4) is 0 Å². The third-order valence-corrected chi connectivity index (χ3v) is 6.71. The van der Waals surface area contributed by atoms with E-state index in [1.54, 1.807) is 38.4 Å². The van der Waals surface area contributed by atoms with E-state index in [1.807, 2.05) is 19.1 Å². The topological polar surface area (TPSA) is 69.4 Å². The molecule has 0 spiro atoms. The molecule has 1 aliphatic rings. The lowest BCUT2D eigenvalue weighted by atomic mass is 9.89. The minimum atomic E-state index is -0.511. The molecule has 174 valence electrons. The summed E-state index contributed by atoms with van der Waals surface area (Å²) in [6, 6.07) is 8.42. The third kappa shape index (κ3) is 4.10. The number of hydrogen-bond acceptors (Lipinski definition) is 5. The van der Waals surface area contributed by atoms with Crippen LogP contribution in [0, 0.1) is 26.6 Å². The van der Waals surface area contributed by atoms with Gasteiger partial charge in [0.05, 0.1) is 11.8 Å². The van der Waals surface area contributed by atoms with Crippen molar-refractivity contribution in [3.05, 3.63) is 92.1 Å². The van der Waals surface area contributed by atoms with Crippen LogP contribution >= 0.6 is 11.6 Å². The van der Waals surface area contributed by atoms with E-state index in [9.17, 15) is 9.18 Å². The molecule has 4 aromatic rings. The van der Waals surface area contributed by atoms with Crippen LogP contribution in [0.4, 0.5) is 4.39 Å². The minimum Gasteiger partial charge on any atom is -0.373 e. The molecule has 0 saturated carbocycles. The normalized spacial score (nSPS) is 18.4. The number of nitrogens with zero attached hydrogens (tertiary/aromatic N) is 4. The smallest absolute Gasteiger partial charge is 0.261 e.